The fourth-order valence-electron chi connectivity index (χ4n) is 3.22. The summed E-state index contributed by atoms with van der Waals surface area (Å²) < 4.78 is 0. The van der Waals surface area contributed by atoms with Crippen molar-refractivity contribution in [1.29, 1.82) is 0 Å². The van der Waals surface area contributed by atoms with E-state index in [1.54, 1.807) is 0 Å². The van der Waals surface area contributed by atoms with Gasteiger partial charge in [-0.15, -0.1) is 0 Å². The van der Waals surface area contributed by atoms with Gasteiger partial charge in [0.2, 0.25) is 0 Å². The van der Waals surface area contributed by atoms with Crippen molar-refractivity contribution in [2.75, 3.05) is 0 Å². The summed E-state index contributed by atoms with van der Waals surface area (Å²) in [6.07, 6.45) is 0. The summed E-state index contributed by atoms with van der Waals surface area (Å²) >= 11 is 0. The van der Waals surface area contributed by atoms with Crippen LogP contribution in [0, 0.1) is 6.92 Å². The Labute approximate surface area is 121 Å². The molecule has 0 aliphatic heterocycles. The summed E-state index contributed by atoms with van der Waals surface area (Å²) in [5.41, 5.74) is 6.12. The second-order valence-electron chi connectivity index (χ2n) is 7.28. The molecular weight excluding hydrogens is 244 g/mol. The number of rotatable bonds is 0. The summed E-state index contributed by atoms with van der Waals surface area (Å²) in [6, 6.07) is 8.60. The Bertz CT molecular complexity index is 691. The molecule has 0 spiro atoms. The van der Waals surface area contributed by atoms with E-state index >= 15 is 0 Å². The smallest absolute Gasteiger partial charge is 0.134 e. The molecule has 3 rings (SSSR count). The third-order valence-electron chi connectivity index (χ3n) is 4.24. The predicted molar refractivity (Wildman–Crippen MR) is 83.0 cm³/mol. The maximum Gasteiger partial charge on any atom is 0.134 e. The highest BCUT2D eigenvalue weighted by Gasteiger charge is 2.39. The molecule has 2 heteroatoms. The van der Waals surface area contributed by atoms with Gasteiger partial charge < -0.3 is 0 Å². The number of fused-ring (bicyclic) bond motifs is 3. The quantitative estimate of drug-likeness (QED) is 0.706. The lowest BCUT2D eigenvalue weighted by atomic mass is 9.82. The van der Waals surface area contributed by atoms with Gasteiger partial charge in [-0.1, -0.05) is 58.9 Å². The molecule has 0 saturated carbocycles. The van der Waals surface area contributed by atoms with Crippen molar-refractivity contribution < 1.29 is 0 Å². The molecule has 0 atom stereocenters. The molecule has 1 aromatic carbocycles. The van der Waals surface area contributed by atoms with Gasteiger partial charge in [0.1, 0.15) is 5.82 Å². The number of hydrogen-bond donors (Lipinski definition) is 0. The number of aromatic nitrogens is 2. The van der Waals surface area contributed by atoms with Crippen molar-refractivity contribution in [3.63, 3.8) is 0 Å². The molecule has 0 amide bonds. The van der Waals surface area contributed by atoms with E-state index in [1.165, 1.54) is 16.7 Å². The summed E-state index contributed by atoms with van der Waals surface area (Å²) in [4.78, 5) is 9.69. The third kappa shape index (κ3) is 1.71. The van der Waals surface area contributed by atoms with Gasteiger partial charge in [-0.3, -0.25) is 0 Å². The first-order valence-electron chi connectivity index (χ1n) is 7.22. The average Bonchev–Trinajstić information content (AvgIpc) is 2.58. The largest absolute Gasteiger partial charge is 0.237 e. The maximum atomic E-state index is 4.91. The highest BCUT2D eigenvalue weighted by Crippen LogP contribution is 2.48. The molecule has 0 fully saturated rings. The van der Waals surface area contributed by atoms with E-state index in [0.717, 1.165) is 17.2 Å². The number of hydrogen-bond acceptors (Lipinski definition) is 2. The molecule has 2 aromatic rings. The Balaban J connectivity index is 2.36. The lowest BCUT2D eigenvalue weighted by molar-refractivity contribution is 0.539. The van der Waals surface area contributed by atoms with Crippen molar-refractivity contribution in [3.05, 3.63) is 46.9 Å². The van der Waals surface area contributed by atoms with Gasteiger partial charge in [-0.25, -0.2) is 9.97 Å². The van der Waals surface area contributed by atoms with Crippen LogP contribution in [-0.2, 0) is 10.8 Å². The van der Waals surface area contributed by atoms with Crippen LogP contribution in [0.5, 0.6) is 0 Å². The van der Waals surface area contributed by atoms with Gasteiger partial charge in [-0.2, -0.15) is 0 Å². The Hall–Kier alpha value is -1.70. The van der Waals surface area contributed by atoms with E-state index in [9.17, 15) is 0 Å². The zero-order valence-corrected chi connectivity index (χ0v) is 13.2. The number of benzene rings is 1. The van der Waals surface area contributed by atoms with Crippen LogP contribution in [-0.4, -0.2) is 9.97 Å². The zero-order chi connectivity index (χ0) is 14.7. The van der Waals surface area contributed by atoms with Gasteiger partial charge >= 0.3 is 0 Å². The van der Waals surface area contributed by atoms with Crippen molar-refractivity contribution in [3.8, 4) is 11.3 Å². The standard InChI is InChI=1S/C18H22N2/c1-11-14-15(20-16(19-11)17(2,3)4)12-9-7-8-10-13(12)18(14,5)6/h7-10H,1-6H3. The van der Waals surface area contributed by atoms with Crippen LogP contribution in [0.25, 0.3) is 11.3 Å². The molecule has 0 unspecified atom stereocenters. The van der Waals surface area contributed by atoms with Crippen molar-refractivity contribution in [2.45, 2.75) is 52.4 Å². The van der Waals surface area contributed by atoms with Crippen molar-refractivity contribution in [1.82, 2.24) is 9.97 Å². The Morgan fingerprint density at radius 1 is 1.00 bits per heavy atom. The van der Waals surface area contributed by atoms with E-state index in [2.05, 4.69) is 65.8 Å². The highest BCUT2D eigenvalue weighted by atomic mass is 14.9. The molecule has 0 bridgehead atoms. The van der Waals surface area contributed by atoms with Crippen LogP contribution in [0.3, 0.4) is 0 Å². The molecule has 2 nitrogen and oxygen atoms in total. The summed E-state index contributed by atoms with van der Waals surface area (Å²) in [6.45, 7) is 13.2. The van der Waals surface area contributed by atoms with E-state index in [4.69, 9.17) is 9.97 Å². The van der Waals surface area contributed by atoms with Gasteiger partial charge in [-0.05, 0) is 12.5 Å². The number of nitrogens with zero attached hydrogens (tertiary/aromatic N) is 2. The molecular formula is C18H22N2. The molecule has 0 radical (unpaired) electrons. The predicted octanol–water partition coefficient (Wildman–Crippen LogP) is 4.39. The minimum Gasteiger partial charge on any atom is -0.237 e. The molecule has 1 aliphatic carbocycles. The molecule has 1 aromatic heterocycles. The van der Waals surface area contributed by atoms with Gasteiger partial charge in [0.05, 0.1) is 5.69 Å². The molecule has 1 heterocycles. The lowest BCUT2D eigenvalue weighted by Crippen LogP contribution is -2.21. The van der Waals surface area contributed by atoms with Crippen LogP contribution < -0.4 is 0 Å². The number of aryl methyl sites for hydroxylation is 1. The normalized spacial score (nSPS) is 15.9. The summed E-state index contributed by atoms with van der Waals surface area (Å²) in [7, 11) is 0. The average molecular weight is 266 g/mol. The zero-order valence-electron chi connectivity index (χ0n) is 13.2. The third-order valence-corrected chi connectivity index (χ3v) is 4.24. The van der Waals surface area contributed by atoms with Crippen LogP contribution in [0.4, 0.5) is 0 Å². The van der Waals surface area contributed by atoms with Crippen LogP contribution in [0.15, 0.2) is 24.3 Å². The topological polar surface area (TPSA) is 25.8 Å². The molecule has 0 saturated heterocycles. The fourth-order valence-corrected chi connectivity index (χ4v) is 3.22. The van der Waals surface area contributed by atoms with Gasteiger partial charge in [0, 0.05) is 27.7 Å². The fraction of sp³-hybridized carbons (Fsp3) is 0.444. The first kappa shape index (κ1) is 13.3. The Morgan fingerprint density at radius 3 is 2.30 bits per heavy atom. The monoisotopic (exact) mass is 266 g/mol. The Morgan fingerprint density at radius 2 is 1.65 bits per heavy atom. The summed E-state index contributed by atoms with van der Waals surface area (Å²) in [5.74, 6) is 0.932. The minimum atomic E-state index is -0.0263. The van der Waals surface area contributed by atoms with E-state index in [1.807, 2.05) is 0 Å². The van der Waals surface area contributed by atoms with E-state index < -0.39 is 0 Å². The Kier molecular flexibility index (Phi) is 2.60. The van der Waals surface area contributed by atoms with Crippen LogP contribution in [0.2, 0.25) is 0 Å². The molecule has 104 valence electrons. The van der Waals surface area contributed by atoms with Crippen molar-refractivity contribution in [2.24, 2.45) is 0 Å². The second-order valence-corrected chi connectivity index (χ2v) is 7.28. The first-order valence-corrected chi connectivity index (χ1v) is 7.22. The summed E-state index contributed by atoms with van der Waals surface area (Å²) in [5, 5.41) is 0. The SMILES string of the molecule is Cc1nc(C(C)(C)C)nc2c1C(C)(C)c1ccccc1-2. The highest BCUT2D eigenvalue weighted by molar-refractivity contribution is 5.78. The van der Waals surface area contributed by atoms with Crippen molar-refractivity contribution >= 4 is 0 Å². The maximum absolute atomic E-state index is 4.91. The minimum absolute atomic E-state index is 0.00752. The van der Waals surface area contributed by atoms with Crippen LogP contribution >= 0.6 is 0 Å². The molecule has 20 heavy (non-hydrogen) atoms. The van der Waals surface area contributed by atoms with Gasteiger partial charge in [0.15, 0.2) is 0 Å². The van der Waals surface area contributed by atoms with E-state index in [0.29, 0.717) is 0 Å². The van der Waals surface area contributed by atoms with E-state index in [-0.39, 0.29) is 10.8 Å². The first-order chi connectivity index (χ1) is 9.23. The lowest BCUT2D eigenvalue weighted by Gasteiger charge is -2.24. The second kappa shape index (κ2) is 3.91. The van der Waals surface area contributed by atoms with Gasteiger partial charge in [0.25, 0.3) is 0 Å². The van der Waals surface area contributed by atoms with Crippen LogP contribution in [0.1, 0.15) is 57.3 Å². The molecule has 1 aliphatic rings. The molecule has 0 N–H and O–H groups in total.